The summed E-state index contributed by atoms with van der Waals surface area (Å²) in [5.74, 6) is -0.769. The van der Waals surface area contributed by atoms with Crippen LogP contribution in [0.5, 0.6) is 5.75 Å². The third-order valence-electron chi connectivity index (χ3n) is 2.30. The third kappa shape index (κ3) is 5.99. The van der Waals surface area contributed by atoms with Crippen LogP contribution in [0.1, 0.15) is 13.8 Å². The second-order valence-corrected chi connectivity index (χ2v) is 6.27. The van der Waals surface area contributed by atoms with Crippen LogP contribution in [0.25, 0.3) is 0 Å². The van der Waals surface area contributed by atoms with Crippen molar-refractivity contribution in [2.24, 2.45) is 0 Å². The maximum absolute atomic E-state index is 11.5. The number of hydrogen-bond donors (Lipinski definition) is 1. The van der Waals surface area contributed by atoms with E-state index >= 15 is 0 Å². The molecule has 116 valence electrons. The summed E-state index contributed by atoms with van der Waals surface area (Å²) in [5, 5.41) is 2.42. The molecule has 0 fully saturated rings. The molecule has 0 aliphatic rings. The fraction of sp³-hybridized carbons (Fsp3) is 0.385. The van der Waals surface area contributed by atoms with E-state index in [-0.39, 0.29) is 6.61 Å². The van der Waals surface area contributed by atoms with Crippen LogP contribution in [0.2, 0.25) is 0 Å². The smallest absolute Gasteiger partial charge is 0.347 e. The summed E-state index contributed by atoms with van der Waals surface area (Å²) in [5.41, 5.74) is 0.433. The van der Waals surface area contributed by atoms with Gasteiger partial charge in [-0.1, -0.05) is 34.8 Å². The van der Waals surface area contributed by atoms with E-state index in [2.05, 4.69) is 5.32 Å². The quantitative estimate of drug-likeness (QED) is 0.651. The molecule has 1 rings (SSSR count). The van der Waals surface area contributed by atoms with Crippen LogP contribution in [-0.2, 0) is 14.3 Å². The van der Waals surface area contributed by atoms with Crippen molar-refractivity contribution < 1.29 is 19.1 Å². The van der Waals surface area contributed by atoms with E-state index in [1.54, 1.807) is 38.1 Å². The lowest BCUT2D eigenvalue weighted by Gasteiger charge is -2.14. The largest absolute Gasteiger partial charge is 0.479 e. The molecule has 1 amide bonds. The molecule has 1 atom stereocenters. The Balaban J connectivity index is 2.62. The van der Waals surface area contributed by atoms with Gasteiger partial charge in [0.05, 0.1) is 6.61 Å². The first kappa shape index (κ1) is 17.9. The van der Waals surface area contributed by atoms with Gasteiger partial charge in [-0.3, -0.25) is 4.79 Å². The van der Waals surface area contributed by atoms with Crippen molar-refractivity contribution in [2.45, 2.75) is 23.7 Å². The van der Waals surface area contributed by atoms with Gasteiger partial charge in [0.15, 0.2) is 6.10 Å². The van der Waals surface area contributed by atoms with Crippen molar-refractivity contribution in [3.8, 4) is 5.75 Å². The molecule has 8 heteroatoms. The predicted octanol–water partition coefficient (Wildman–Crippen LogP) is 3.33. The molecule has 1 N–H and O–H groups in total. The number of benzene rings is 1. The van der Waals surface area contributed by atoms with Gasteiger partial charge in [0.25, 0.3) is 9.70 Å². The van der Waals surface area contributed by atoms with Crippen LogP contribution in [0, 0.1) is 0 Å². The van der Waals surface area contributed by atoms with Crippen LogP contribution < -0.4 is 10.1 Å². The summed E-state index contributed by atoms with van der Waals surface area (Å²) >= 11 is 16.3. The van der Waals surface area contributed by atoms with E-state index in [1.807, 2.05) is 0 Å². The molecule has 21 heavy (non-hydrogen) atoms. The Morgan fingerprint density at radius 1 is 1.24 bits per heavy atom. The van der Waals surface area contributed by atoms with Gasteiger partial charge in [-0.15, -0.1) is 0 Å². The first-order valence-corrected chi connectivity index (χ1v) is 7.19. The molecule has 0 aromatic heterocycles. The van der Waals surface area contributed by atoms with Crippen molar-refractivity contribution in [3.05, 3.63) is 24.3 Å². The van der Waals surface area contributed by atoms with Gasteiger partial charge in [0.1, 0.15) is 5.75 Å². The maximum atomic E-state index is 11.5. The zero-order chi connectivity index (χ0) is 16.0. The molecule has 0 bridgehead atoms. The van der Waals surface area contributed by atoms with E-state index in [9.17, 15) is 9.59 Å². The molecular weight excluding hydrogens is 341 g/mol. The third-order valence-corrected chi connectivity index (χ3v) is 2.82. The van der Waals surface area contributed by atoms with E-state index in [0.717, 1.165) is 0 Å². The highest BCUT2D eigenvalue weighted by atomic mass is 35.6. The normalized spacial score (nSPS) is 12.4. The molecule has 0 heterocycles. The van der Waals surface area contributed by atoms with Gasteiger partial charge in [-0.2, -0.15) is 0 Å². The van der Waals surface area contributed by atoms with Gasteiger partial charge < -0.3 is 14.8 Å². The van der Waals surface area contributed by atoms with Crippen molar-refractivity contribution in [1.82, 2.24) is 0 Å². The number of rotatable bonds is 5. The summed E-state index contributed by atoms with van der Waals surface area (Å²) in [4.78, 5) is 22.9. The van der Waals surface area contributed by atoms with Crippen LogP contribution >= 0.6 is 34.8 Å². The molecule has 1 aromatic carbocycles. The Labute approximate surface area is 137 Å². The number of carbonyl (C=O) groups excluding carboxylic acids is 2. The number of nitrogens with one attached hydrogen (secondary N) is 1. The minimum absolute atomic E-state index is 0.286. The minimum atomic E-state index is -2.03. The molecule has 0 unspecified atom stereocenters. The van der Waals surface area contributed by atoms with Crippen molar-refractivity contribution in [2.75, 3.05) is 11.9 Å². The number of esters is 1. The maximum Gasteiger partial charge on any atom is 0.347 e. The molecule has 0 aliphatic carbocycles. The number of anilines is 1. The van der Waals surface area contributed by atoms with Crippen LogP contribution in [-0.4, -0.2) is 28.4 Å². The second-order valence-electron chi connectivity index (χ2n) is 3.99. The lowest BCUT2D eigenvalue weighted by Crippen LogP contribution is -2.27. The summed E-state index contributed by atoms with van der Waals surface area (Å²) in [6.07, 6.45) is -0.730. The van der Waals surface area contributed by atoms with E-state index < -0.39 is 21.8 Å². The van der Waals surface area contributed by atoms with E-state index in [1.165, 1.54) is 0 Å². The monoisotopic (exact) mass is 353 g/mol. The van der Waals surface area contributed by atoms with Crippen molar-refractivity contribution in [3.63, 3.8) is 0 Å². The SMILES string of the molecule is CCOC(=O)[C@H](C)Oc1ccc(NC(=O)C(Cl)(Cl)Cl)cc1. The van der Waals surface area contributed by atoms with Crippen LogP contribution in [0.15, 0.2) is 24.3 Å². The fourth-order valence-corrected chi connectivity index (χ4v) is 1.47. The Morgan fingerprint density at radius 3 is 2.29 bits per heavy atom. The number of ether oxygens (including phenoxy) is 2. The highest BCUT2D eigenvalue weighted by Crippen LogP contribution is 2.28. The number of hydrogen-bond acceptors (Lipinski definition) is 4. The number of halogens is 3. The Kier molecular flexibility index (Phi) is 6.58. The lowest BCUT2D eigenvalue weighted by molar-refractivity contribution is -0.150. The average molecular weight is 355 g/mol. The van der Waals surface area contributed by atoms with E-state index in [0.29, 0.717) is 11.4 Å². The van der Waals surface area contributed by atoms with Crippen molar-refractivity contribution in [1.29, 1.82) is 0 Å². The highest BCUT2D eigenvalue weighted by Gasteiger charge is 2.30. The van der Waals surface area contributed by atoms with Gasteiger partial charge in [-0.25, -0.2) is 4.79 Å². The molecule has 0 saturated carbocycles. The van der Waals surface area contributed by atoms with Gasteiger partial charge in [0, 0.05) is 5.69 Å². The van der Waals surface area contributed by atoms with Gasteiger partial charge in [0.2, 0.25) is 0 Å². The Bertz CT molecular complexity index is 499. The molecule has 0 aliphatic heterocycles. The highest BCUT2D eigenvalue weighted by molar-refractivity contribution is 6.76. The number of amides is 1. The van der Waals surface area contributed by atoms with Crippen LogP contribution in [0.3, 0.4) is 0 Å². The zero-order valence-electron chi connectivity index (χ0n) is 11.4. The molecule has 0 saturated heterocycles. The average Bonchev–Trinajstić information content (AvgIpc) is 2.40. The molecule has 1 aromatic rings. The summed E-state index contributed by atoms with van der Waals surface area (Å²) < 4.78 is 8.18. The summed E-state index contributed by atoms with van der Waals surface area (Å²) in [6.45, 7) is 3.58. The van der Waals surface area contributed by atoms with Crippen molar-refractivity contribution >= 4 is 52.4 Å². The molecule has 0 radical (unpaired) electrons. The number of alkyl halides is 3. The zero-order valence-corrected chi connectivity index (χ0v) is 13.6. The topological polar surface area (TPSA) is 64.6 Å². The van der Waals surface area contributed by atoms with Gasteiger partial charge in [-0.05, 0) is 38.1 Å². The summed E-state index contributed by atoms with van der Waals surface area (Å²) in [6, 6.07) is 6.26. The standard InChI is InChI=1S/C13H14Cl3NO4/c1-3-20-11(18)8(2)21-10-6-4-9(5-7-10)17-12(19)13(14,15)16/h4-8H,3H2,1-2H3,(H,17,19)/t8-/m0/s1. The Hall–Kier alpha value is -1.17. The van der Waals surface area contributed by atoms with Gasteiger partial charge >= 0.3 is 5.97 Å². The Morgan fingerprint density at radius 2 is 1.81 bits per heavy atom. The first-order valence-electron chi connectivity index (χ1n) is 6.05. The minimum Gasteiger partial charge on any atom is -0.479 e. The second kappa shape index (κ2) is 7.73. The molecule has 0 spiro atoms. The first-order chi connectivity index (χ1) is 9.74. The lowest BCUT2D eigenvalue weighted by atomic mass is 10.3. The summed E-state index contributed by atoms with van der Waals surface area (Å²) in [7, 11) is 0. The van der Waals surface area contributed by atoms with Crippen LogP contribution in [0.4, 0.5) is 5.69 Å². The number of carbonyl (C=O) groups is 2. The fourth-order valence-electron chi connectivity index (χ4n) is 1.33. The molecule has 5 nitrogen and oxygen atoms in total. The molecular formula is C13H14Cl3NO4. The van der Waals surface area contributed by atoms with E-state index in [4.69, 9.17) is 44.3 Å². The predicted molar refractivity (Wildman–Crippen MR) is 82.1 cm³/mol.